The number of amides is 1. The summed E-state index contributed by atoms with van der Waals surface area (Å²) in [6, 6.07) is 6.31. The molecule has 7 heteroatoms. The third-order valence-corrected chi connectivity index (χ3v) is 5.47. The molecule has 0 radical (unpaired) electrons. The molecule has 1 aromatic rings. The Morgan fingerprint density at radius 2 is 1.93 bits per heavy atom. The maximum absolute atomic E-state index is 12.6. The predicted molar refractivity (Wildman–Crippen MR) is 96.1 cm³/mol. The molecule has 1 amide bonds. The molecule has 1 saturated carbocycles. The lowest BCUT2D eigenvalue weighted by molar-refractivity contribution is -0.274. The standard InChI is InChI=1S/C20H27F3N2O2/c21-20(22,23)27-16-8-5-7-15(13-16)14-25-12-4-2-1-3-11-24-19(26)17-9-6-10-18(17)25/h5,7-8,13,17-18H,1-4,6,9-12,14H2,(H,24,26)/t17-,18+/m1/s1. The highest BCUT2D eigenvalue weighted by molar-refractivity contribution is 5.79. The van der Waals surface area contributed by atoms with Gasteiger partial charge in [-0.2, -0.15) is 0 Å². The van der Waals surface area contributed by atoms with Crippen LogP contribution in [-0.2, 0) is 11.3 Å². The van der Waals surface area contributed by atoms with E-state index in [2.05, 4.69) is 15.0 Å². The molecule has 2 fully saturated rings. The van der Waals surface area contributed by atoms with E-state index in [0.717, 1.165) is 63.6 Å². The van der Waals surface area contributed by atoms with E-state index in [0.29, 0.717) is 6.54 Å². The van der Waals surface area contributed by atoms with Crippen LogP contribution in [0.1, 0.15) is 50.5 Å². The van der Waals surface area contributed by atoms with Crippen LogP contribution in [0.2, 0.25) is 0 Å². The number of carbonyl (C=O) groups excluding carboxylic acids is 1. The molecule has 0 unspecified atom stereocenters. The summed E-state index contributed by atoms with van der Waals surface area (Å²) < 4.78 is 41.5. The first-order valence-corrected chi connectivity index (χ1v) is 9.79. The van der Waals surface area contributed by atoms with Crippen molar-refractivity contribution >= 4 is 5.91 Å². The van der Waals surface area contributed by atoms with Gasteiger partial charge in [0.1, 0.15) is 5.75 Å². The summed E-state index contributed by atoms with van der Waals surface area (Å²) in [6.45, 7) is 2.13. The van der Waals surface area contributed by atoms with Gasteiger partial charge < -0.3 is 10.1 Å². The first kappa shape index (κ1) is 20.0. The number of nitrogens with zero attached hydrogens (tertiary/aromatic N) is 1. The van der Waals surface area contributed by atoms with Gasteiger partial charge in [0.2, 0.25) is 5.91 Å². The van der Waals surface area contributed by atoms with E-state index in [4.69, 9.17) is 0 Å². The molecule has 3 rings (SSSR count). The van der Waals surface area contributed by atoms with Crippen molar-refractivity contribution in [2.45, 2.75) is 63.9 Å². The Bertz CT molecular complexity index is 636. The molecule has 27 heavy (non-hydrogen) atoms. The predicted octanol–water partition coefficient (Wildman–Crippen LogP) is 4.25. The molecule has 0 spiro atoms. The van der Waals surface area contributed by atoms with Gasteiger partial charge in [-0.1, -0.05) is 31.4 Å². The van der Waals surface area contributed by atoms with Crippen LogP contribution in [0.5, 0.6) is 5.75 Å². The molecule has 1 heterocycles. The van der Waals surface area contributed by atoms with Crippen molar-refractivity contribution in [3.8, 4) is 5.75 Å². The SMILES string of the molecule is O=C1NCCCCCCN(Cc2cccc(OC(F)(F)F)c2)[C@H]2CCC[C@@H]12. The van der Waals surface area contributed by atoms with Crippen molar-refractivity contribution in [1.29, 1.82) is 0 Å². The van der Waals surface area contributed by atoms with Gasteiger partial charge in [-0.25, -0.2) is 0 Å². The molecular formula is C20H27F3N2O2. The van der Waals surface area contributed by atoms with E-state index in [1.807, 2.05) is 6.07 Å². The van der Waals surface area contributed by atoms with Gasteiger partial charge >= 0.3 is 6.36 Å². The lowest BCUT2D eigenvalue weighted by atomic mass is 9.99. The van der Waals surface area contributed by atoms with Crippen LogP contribution in [0.15, 0.2) is 24.3 Å². The topological polar surface area (TPSA) is 41.6 Å². The molecule has 2 aliphatic rings. The number of benzene rings is 1. The first-order chi connectivity index (χ1) is 12.9. The van der Waals surface area contributed by atoms with Gasteiger partial charge in [-0.15, -0.1) is 13.2 Å². The van der Waals surface area contributed by atoms with Gasteiger partial charge in [0, 0.05) is 19.1 Å². The number of fused-ring (bicyclic) bond motifs is 1. The Labute approximate surface area is 158 Å². The summed E-state index contributed by atoms with van der Waals surface area (Å²) in [4.78, 5) is 14.8. The molecule has 4 nitrogen and oxygen atoms in total. The molecule has 1 aliphatic heterocycles. The number of rotatable bonds is 3. The molecule has 1 N–H and O–H groups in total. The maximum atomic E-state index is 12.6. The zero-order valence-electron chi connectivity index (χ0n) is 15.4. The Morgan fingerprint density at radius 3 is 2.74 bits per heavy atom. The van der Waals surface area contributed by atoms with Crippen molar-refractivity contribution in [3.05, 3.63) is 29.8 Å². The summed E-state index contributed by atoms with van der Waals surface area (Å²) in [6.07, 6.45) is 2.37. The van der Waals surface area contributed by atoms with Gasteiger partial charge in [-0.05, 0) is 49.9 Å². The number of halogens is 3. The molecular weight excluding hydrogens is 357 g/mol. The highest BCUT2D eigenvalue weighted by atomic mass is 19.4. The Morgan fingerprint density at radius 1 is 1.11 bits per heavy atom. The highest BCUT2D eigenvalue weighted by Gasteiger charge is 2.37. The van der Waals surface area contributed by atoms with E-state index >= 15 is 0 Å². The fourth-order valence-electron chi connectivity index (χ4n) is 4.26. The van der Waals surface area contributed by atoms with Crippen LogP contribution in [0.4, 0.5) is 13.2 Å². The summed E-state index contributed by atoms with van der Waals surface area (Å²) in [5.41, 5.74) is 0.776. The summed E-state index contributed by atoms with van der Waals surface area (Å²) in [5, 5.41) is 3.06. The van der Waals surface area contributed by atoms with E-state index in [1.54, 1.807) is 6.07 Å². The number of hydrogen-bond donors (Lipinski definition) is 1. The second kappa shape index (κ2) is 8.95. The zero-order chi connectivity index (χ0) is 19.3. The minimum Gasteiger partial charge on any atom is -0.406 e. The fraction of sp³-hybridized carbons (Fsp3) is 0.650. The van der Waals surface area contributed by atoms with Crippen LogP contribution in [0.25, 0.3) is 0 Å². The summed E-state index contributed by atoms with van der Waals surface area (Å²) >= 11 is 0. The van der Waals surface area contributed by atoms with E-state index in [9.17, 15) is 18.0 Å². The number of carbonyl (C=O) groups is 1. The minimum absolute atomic E-state index is 0.0299. The van der Waals surface area contributed by atoms with Gasteiger partial charge in [0.15, 0.2) is 0 Å². The third-order valence-electron chi connectivity index (χ3n) is 5.47. The minimum atomic E-state index is -4.69. The smallest absolute Gasteiger partial charge is 0.406 e. The Hall–Kier alpha value is -1.76. The Kier molecular flexibility index (Phi) is 6.63. The quantitative estimate of drug-likeness (QED) is 0.847. The summed E-state index contributed by atoms with van der Waals surface area (Å²) in [7, 11) is 0. The van der Waals surface area contributed by atoms with E-state index in [-0.39, 0.29) is 23.6 Å². The van der Waals surface area contributed by atoms with Crippen LogP contribution < -0.4 is 10.1 Å². The number of ether oxygens (including phenoxy) is 1. The highest BCUT2D eigenvalue weighted by Crippen LogP contribution is 2.32. The van der Waals surface area contributed by atoms with Gasteiger partial charge in [0.25, 0.3) is 0 Å². The van der Waals surface area contributed by atoms with Gasteiger partial charge in [0.05, 0.1) is 5.92 Å². The molecule has 150 valence electrons. The summed E-state index contributed by atoms with van der Waals surface area (Å²) in [5.74, 6) is -0.102. The zero-order valence-corrected chi connectivity index (χ0v) is 15.4. The van der Waals surface area contributed by atoms with Crippen LogP contribution in [0.3, 0.4) is 0 Å². The third kappa shape index (κ3) is 5.86. The fourth-order valence-corrected chi connectivity index (χ4v) is 4.26. The monoisotopic (exact) mass is 384 g/mol. The molecule has 1 aromatic carbocycles. The molecule has 1 saturated heterocycles. The van der Waals surface area contributed by atoms with Crippen LogP contribution in [-0.4, -0.2) is 36.3 Å². The average molecular weight is 384 g/mol. The normalized spacial score (nSPS) is 25.4. The number of nitrogens with one attached hydrogen (secondary N) is 1. The lowest BCUT2D eigenvalue weighted by Crippen LogP contribution is -2.44. The largest absolute Gasteiger partial charge is 0.573 e. The molecule has 1 aliphatic carbocycles. The molecule has 0 aromatic heterocycles. The molecule has 0 bridgehead atoms. The second-order valence-corrected chi connectivity index (χ2v) is 7.48. The first-order valence-electron chi connectivity index (χ1n) is 9.79. The van der Waals surface area contributed by atoms with E-state index in [1.165, 1.54) is 12.1 Å². The van der Waals surface area contributed by atoms with Crippen molar-refractivity contribution in [2.24, 2.45) is 5.92 Å². The number of alkyl halides is 3. The average Bonchev–Trinajstić information content (AvgIpc) is 3.07. The van der Waals surface area contributed by atoms with Crippen molar-refractivity contribution < 1.29 is 22.7 Å². The van der Waals surface area contributed by atoms with Crippen molar-refractivity contribution in [3.63, 3.8) is 0 Å². The van der Waals surface area contributed by atoms with E-state index < -0.39 is 6.36 Å². The van der Waals surface area contributed by atoms with Crippen molar-refractivity contribution in [1.82, 2.24) is 10.2 Å². The maximum Gasteiger partial charge on any atom is 0.573 e. The molecule has 2 atom stereocenters. The van der Waals surface area contributed by atoms with Crippen molar-refractivity contribution in [2.75, 3.05) is 13.1 Å². The Balaban J connectivity index is 1.75. The van der Waals surface area contributed by atoms with Crippen LogP contribution in [0, 0.1) is 5.92 Å². The van der Waals surface area contributed by atoms with Crippen LogP contribution >= 0.6 is 0 Å². The lowest BCUT2D eigenvalue weighted by Gasteiger charge is -2.32. The second-order valence-electron chi connectivity index (χ2n) is 7.48. The number of hydrogen-bond acceptors (Lipinski definition) is 3. The van der Waals surface area contributed by atoms with Gasteiger partial charge in [-0.3, -0.25) is 9.69 Å².